The van der Waals surface area contributed by atoms with E-state index in [0.29, 0.717) is 17.5 Å². The number of aliphatic hydroxyl groups is 1. The standard InChI is InChI=1S/C13H16N4O/c1-9-15-12(14)7-13(16-9)17-11(8-18)10-5-3-2-4-6-10/h2-7,11,18H,8H2,1H3,(H3,14,15,16,17). The lowest BCUT2D eigenvalue weighted by molar-refractivity contribution is 0.276. The summed E-state index contributed by atoms with van der Waals surface area (Å²) in [6.45, 7) is 1.75. The first-order valence-electron chi connectivity index (χ1n) is 5.72. The van der Waals surface area contributed by atoms with Gasteiger partial charge in [0.2, 0.25) is 0 Å². The lowest BCUT2D eigenvalue weighted by atomic mass is 10.1. The van der Waals surface area contributed by atoms with Crippen LogP contribution in [0.15, 0.2) is 36.4 Å². The molecule has 4 N–H and O–H groups in total. The van der Waals surface area contributed by atoms with Crippen molar-refractivity contribution in [3.05, 3.63) is 47.8 Å². The minimum absolute atomic E-state index is 0.0209. The second-order valence-electron chi connectivity index (χ2n) is 4.02. The van der Waals surface area contributed by atoms with E-state index < -0.39 is 0 Å². The molecule has 0 fully saturated rings. The van der Waals surface area contributed by atoms with Gasteiger partial charge < -0.3 is 16.2 Å². The van der Waals surface area contributed by atoms with Crippen LogP contribution in [0.5, 0.6) is 0 Å². The number of anilines is 2. The highest BCUT2D eigenvalue weighted by Crippen LogP contribution is 2.18. The molecule has 94 valence electrons. The maximum Gasteiger partial charge on any atom is 0.132 e. The quantitative estimate of drug-likeness (QED) is 0.759. The van der Waals surface area contributed by atoms with Crippen molar-refractivity contribution in [2.45, 2.75) is 13.0 Å². The Hall–Kier alpha value is -2.14. The SMILES string of the molecule is Cc1nc(N)cc(NC(CO)c2ccccc2)n1. The molecule has 18 heavy (non-hydrogen) atoms. The van der Waals surface area contributed by atoms with Crippen LogP contribution in [0.3, 0.4) is 0 Å². The highest BCUT2D eigenvalue weighted by atomic mass is 16.3. The highest BCUT2D eigenvalue weighted by Gasteiger charge is 2.10. The summed E-state index contributed by atoms with van der Waals surface area (Å²) in [5.41, 5.74) is 6.66. The van der Waals surface area contributed by atoms with E-state index in [1.54, 1.807) is 13.0 Å². The Morgan fingerprint density at radius 1 is 1.28 bits per heavy atom. The molecular formula is C13H16N4O. The predicted molar refractivity (Wildman–Crippen MR) is 71.1 cm³/mol. The molecule has 0 aliphatic heterocycles. The zero-order chi connectivity index (χ0) is 13.0. The summed E-state index contributed by atoms with van der Waals surface area (Å²) in [6, 6.07) is 11.1. The third-order valence-corrected chi connectivity index (χ3v) is 2.56. The molecule has 0 radical (unpaired) electrons. The Balaban J connectivity index is 2.20. The van der Waals surface area contributed by atoms with Crippen LogP contribution in [0.4, 0.5) is 11.6 Å². The lowest BCUT2D eigenvalue weighted by Crippen LogP contribution is -2.16. The van der Waals surface area contributed by atoms with Crippen LogP contribution in [-0.4, -0.2) is 21.7 Å². The lowest BCUT2D eigenvalue weighted by Gasteiger charge is -2.17. The second kappa shape index (κ2) is 5.46. The molecule has 1 heterocycles. The third-order valence-electron chi connectivity index (χ3n) is 2.56. The average molecular weight is 244 g/mol. The van der Waals surface area contributed by atoms with Crippen molar-refractivity contribution in [3.63, 3.8) is 0 Å². The number of rotatable bonds is 4. The van der Waals surface area contributed by atoms with Crippen LogP contribution in [0, 0.1) is 6.92 Å². The van der Waals surface area contributed by atoms with Gasteiger partial charge in [-0.2, -0.15) is 0 Å². The predicted octanol–water partition coefficient (Wildman–Crippen LogP) is 1.51. The van der Waals surface area contributed by atoms with Gasteiger partial charge in [-0.1, -0.05) is 30.3 Å². The van der Waals surface area contributed by atoms with Gasteiger partial charge in [0.25, 0.3) is 0 Å². The van der Waals surface area contributed by atoms with Crippen molar-refractivity contribution in [1.82, 2.24) is 9.97 Å². The third kappa shape index (κ3) is 2.95. The molecule has 5 nitrogen and oxygen atoms in total. The number of nitrogens with one attached hydrogen (secondary N) is 1. The van der Waals surface area contributed by atoms with Crippen molar-refractivity contribution in [3.8, 4) is 0 Å². The minimum Gasteiger partial charge on any atom is -0.394 e. The van der Waals surface area contributed by atoms with Gasteiger partial charge in [0.1, 0.15) is 17.5 Å². The van der Waals surface area contributed by atoms with Gasteiger partial charge in [-0.05, 0) is 12.5 Å². The largest absolute Gasteiger partial charge is 0.394 e. The first-order chi connectivity index (χ1) is 8.69. The molecule has 2 aromatic rings. The van der Waals surface area contributed by atoms with E-state index in [1.807, 2.05) is 30.3 Å². The van der Waals surface area contributed by atoms with E-state index in [0.717, 1.165) is 5.56 Å². The smallest absolute Gasteiger partial charge is 0.132 e. The summed E-state index contributed by atoms with van der Waals surface area (Å²) >= 11 is 0. The molecule has 5 heteroatoms. The number of aliphatic hydroxyl groups excluding tert-OH is 1. The fourth-order valence-corrected chi connectivity index (χ4v) is 1.76. The van der Waals surface area contributed by atoms with Gasteiger partial charge in [-0.15, -0.1) is 0 Å². The molecule has 2 rings (SSSR count). The van der Waals surface area contributed by atoms with Gasteiger partial charge >= 0.3 is 0 Å². The van der Waals surface area contributed by atoms with Gasteiger partial charge in [-0.25, -0.2) is 9.97 Å². The fraction of sp³-hybridized carbons (Fsp3) is 0.231. The number of aromatic nitrogens is 2. The van der Waals surface area contributed by atoms with Gasteiger partial charge in [-0.3, -0.25) is 0 Å². The van der Waals surface area contributed by atoms with Crippen LogP contribution in [0.2, 0.25) is 0 Å². The van der Waals surface area contributed by atoms with E-state index in [1.165, 1.54) is 0 Å². The summed E-state index contributed by atoms with van der Waals surface area (Å²) in [5.74, 6) is 1.62. The van der Waals surface area contributed by atoms with Crippen molar-refractivity contribution >= 4 is 11.6 Å². The molecule has 0 aliphatic carbocycles. The molecular weight excluding hydrogens is 228 g/mol. The van der Waals surface area contributed by atoms with Crippen molar-refractivity contribution < 1.29 is 5.11 Å². The molecule has 0 saturated carbocycles. The van der Waals surface area contributed by atoms with E-state index in [2.05, 4.69) is 15.3 Å². The van der Waals surface area contributed by atoms with Crippen LogP contribution in [-0.2, 0) is 0 Å². The first kappa shape index (κ1) is 12.3. The average Bonchev–Trinajstić information content (AvgIpc) is 2.36. The maximum atomic E-state index is 9.44. The molecule has 0 saturated heterocycles. The molecule has 1 atom stereocenters. The number of hydrogen-bond acceptors (Lipinski definition) is 5. The first-order valence-corrected chi connectivity index (χ1v) is 5.72. The minimum atomic E-state index is -0.208. The molecule has 0 aliphatic rings. The van der Waals surface area contributed by atoms with Crippen molar-refractivity contribution in [1.29, 1.82) is 0 Å². The Bertz CT molecular complexity index is 495. The topological polar surface area (TPSA) is 84.1 Å². The summed E-state index contributed by atoms with van der Waals surface area (Å²) in [4.78, 5) is 8.24. The summed E-state index contributed by atoms with van der Waals surface area (Å²) in [6.07, 6.45) is 0. The normalized spacial score (nSPS) is 12.1. The summed E-state index contributed by atoms with van der Waals surface area (Å²) in [5, 5.41) is 12.6. The Labute approximate surface area is 106 Å². The molecule has 1 aromatic carbocycles. The van der Waals surface area contributed by atoms with Gasteiger partial charge in [0, 0.05) is 6.07 Å². The maximum absolute atomic E-state index is 9.44. The zero-order valence-electron chi connectivity index (χ0n) is 10.2. The van der Waals surface area contributed by atoms with Gasteiger partial charge in [0.05, 0.1) is 12.6 Å². The fourth-order valence-electron chi connectivity index (χ4n) is 1.76. The van der Waals surface area contributed by atoms with Crippen molar-refractivity contribution in [2.24, 2.45) is 0 Å². The van der Waals surface area contributed by atoms with E-state index >= 15 is 0 Å². The summed E-state index contributed by atoms with van der Waals surface area (Å²) < 4.78 is 0. The Morgan fingerprint density at radius 3 is 2.61 bits per heavy atom. The Morgan fingerprint density at radius 2 is 2.00 bits per heavy atom. The Kier molecular flexibility index (Phi) is 3.74. The van der Waals surface area contributed by atoms with Crippen LogP contribution < -0.4 is 11.1 Å². The molecule has 1 aromatic heterocycles. The molecule has 0 spiro atoms. The van der Waals surface area contributed by atoms with Crippen LogP contribution in [0.1, 0.15) is 17.4 Å². The molecule has 1 unspecified atom stereocenters. The van der Waals surface area contributed by atoms with Crippen LogP contribution in [0.25, 0.3) is 0 Å². The van der Waals surface area contributed by atoms with Crippen molar-refractivity contribution in [2.75, 3.05) is 17.7 Å². The van der Waals surface area contributed by atoms with Gasteiger partial charge in [0.15, 0.2) is 0 Å². The second-order valence-corrected chi connectivity index (χ2v) is 4.02. The summed E-state index contributed by atoms with van der Waals surface area (Å²) in [7, 11) is 0. The molecule has 0 bridgehead atoms. The zero-order valence-corrected chi connectivity index (χ0v) is 10.2. The van der Waals surface area contributed by atoms with Crippen LogP contribution >= 0.6 is 0 Å². The van der Waals surface area contributed by atoms with E-state index in [4.69, 9.17) is 5.73 Å². The highest BCUT2D eigenvalue weighted by molar-refractivity contribution is 5.46. The number of nitrogens with two attached hydrogens (primary N) is 1. The number of aryl methyl sites for hydroxylation is 1. The number of hydrogen-bond donors (Lipinski definition) is 3. The number of nitrogen functional groups attached to an aromatic ring is 1. The monoisotopic (exact) mass is 244 g/mol. The van der Waals surface area contributed by atoms with E-state index in [9.17, 15) is 5.11 Å². The van der Waals surface area contributed by atoms with E-state index in [-0.39, 0.29) is 12.6 Å². The molecule has 0 amide bonds. The number of benzene rings is 1. The number of nitrogens with zero attached hydrogens (tertiary/aromatic N) is 2.